The minimum Gasteiger partial charge on any atom is -0.453 e. The van der Waals surface area contributed by atoms with Crippen LogP contribution in [0.5, 0.6) is 0 Å². The topological polar surface area (TPSA) is 25.2 Å². The van der Waals surface area contributed by atoms with Crippen LogP contribution >= 0.6 is 11.6 Å². The summed E-state index contributed by atoms with van der Waals surface area (Å²) in [4.78, 5) is 0. The number of furan rings is 1. The zero-order valence-corrected chi connectivity index (χ0v) is 10.2. The van der Waals surface area contributed by atoms with Gasteiger partial charge in [-0.05, 0) is 48.8 Å². The Morgan fingerprint density at radius 2 is 2.24 bits per heavy atom. The Morgan fingerprint density at radius 3 is 2.82 bits per heavy atom. The maximum atomic E-state index is 13.1. The number of likely N-dealkylation sites (N-methyl/N-ethyl adjacent to an activating group) is 1. The van der Waals surface area contributed by atoms with Crippen molar-refractivity contribution < 1.29 is 8.81 Å². The standard InChI is InChI=1S/C13H13ClFNO/c1-16-12(11-5-6-17-13(11)14)8-9-3-2-4-10(15)7-9/h2-7,12,16H,8H2,1H3. The number of halogens is 2. The maximum Gasteiger partial charge on any atom is 0.197 e. The van der Waals surface area contributed by atoms with Gasteiger partial charge in [0.1, 0.15) is 5.82 Å². The Bertz CT molecular complexity index is 498. The van der Waals surface area contributed by atoms with E-state index >= 15 is 0 Å². The summed E-state index contributed by atoms with van der Waals surface area (Å²) in [7, 11) is 1.84. The highest BCUT2D eigenvalue weighted by Gasteiger charge is 2.15. The van der Waals surface area contributed by atoms with Crippen LogP contribution in [0.4, 0.5) is 4.39 Å². The number of rotatable bonds is 4. The molecule has 2 rings (SSSR count). The van der Waals surface area contributed by atoms with Crippen LogP contribution in [0.2, 0.25) is 5.22 Å². The summed E-state index contributed by atoms with van der Waals surface area (Å²) in [6.45, 7) is 0. The minimum absolute atomic E-state index is 0.0167. The van der Waals surface area contributed by atoms with Crippen molar-refractivity contribution in [3.8, 4) is 0 Å². The number of benzene rings is 1. The van der Waals surface area contributed by atoms with E-state index in [4.69, 9.17) is 16.0 Å². The van der Waals surface area contributed by atoms with Crippen LogP contribution in [-0.4, -0.2) is 7.05 Å². The van der Waals surface area contributed by atoms with E-state index < -0.39 is 0 Å². The molecule has 1 heterocycles. The van der Waals surface area contributed by atoms with Gasteiger partial charge in [-0.1, -0.05) is 12.1 Å². The highest BCUT2D eigenvalue weighted by Crippen LogP contribution is 2.26. The van der Waals surface area contributed by atoms with Crippen LogP contribution in [0.3, 0.4) is 0 Å². The summed E-state index contributed by atoms with van der Waals surface area (Å²) >= 11 is 5.93. The van der Waals surface area contributed by atoms with Crippen molar-refractivity contribution in [2.45, 2.75) is 12.5 Å². The van der Waals surface area contributed by atoms with Gasteiger partial charge in [-0.15, -0.1) is 0 Å². The minimum atomic E-state index is -0.226. The van der Waals surface area contributed by atoms with Crippen molar-refractivity contribution in [1.29, 1.82) is 0 Å². The van der Waals surface area contributed by atoms with Gasteiger partial charge in [0.2, 0.25) is 0 Å². The van der Waals surface area contributed by atoms with E-state index in [1.807, 2.05) is 19.2 Å². The van der Waals surface area contributed by atoms with Gasteiger partial charge in [-0.2, -0.15) is 0 Å². The molecule has 0 aliphatic rings. The van der Waals surface area contributed by atoms with E-state index in [2.05, 4.69) is 5.32 Å². The molecule has 0 radical (unpaired) electrons. The average molecular weight is 254 g/mol. The first kappa shape index (κ1) is 12.1. The number of nitrogens with one attached hydrogen (secondary N) is 1. The molecule has 1 aromatic heterocycles. The molecule has 0 aliphatic heterocycles. The van der Waals surface area contributed by atoms with E-state index in [-0.39, 0.29) is 11.9 Å². The summed E-state index contributed by atoms with van der Waals surface area (Å²) in [6.07, 6.45) is 2.21. The van der Waals surface area contributed by atoms with E-state index in [1.54, 1.807) is 12.3 Å². The van der Waals surface area contributed by atoms with Gasteiger partial charge in [0.05, 0.1) is 6.26 Å². The summed E-state index contributed by atoms with van der Waals surface area (Å²) < 4.78 is 18.1. The van der Waals surface area contributed by atoms with E-state index in [1.165, 1.54) is 12.1 Å². The molecule has 4 heteroatoms. The van der Waals surface area contributed by atoms with Gasteiger partial charge < -0.3 is 9.73 Å². The van der Waals surface area contributed by atoms with Gasteiger partial charge in [0.25, 0.3) is 0 Å². The van der Waals surface area contributed by atoms with Crippen molar-refractivity contribution >= 4 is 11.6 Å². The van der Waals surface area contributed by atoms with Gasteiger partial charge in [0, 0.05) is 11.6 Å². The van der Waals surface area contributed by atoms with Crippen molar-refractivity contribution in [1.82, 2.24) is 5.32 Å². The fraction of sp³-hybridized carbons (Fsp3) is 0.231. The normalized spacial score (nSPS) is 12.6. The van der Waals surface area contributed by atoms with E-state index in [9.17, 15) is 4.39 Å². The summed E-state index contributed by atoms with van der Waals surface area (Å²) in [6, 6.07) is 8.39. The molecule has 17 heavy (non-hydrogen) atoms. The first-order valence-electron chi connectivity index (χ1n) is 5.35. The van der Waals surface area contributed by atoms with Crippen LogP contribution in [0.25, 0.3) is 0 Å². The molecule has 1 unspecified atom stereocenters. The van der Waals surface area contributed by atoms with Crippen LogP contribution in [-0.2, 0) is 6.42 Å². The lowest BCUT2D eigenvalue weighted by atomic mass is 10.0. The summed E-state index contributed by atoms with van der Waals surface area (Å²) in [5.41, 5.74) is 1.81. The van der Waals surface area contributed by atoms with Crippen molar-refractivity contribution in [2.24, 2.45) is 0 Å². The van der Waals surface area contributed by atoms with Crippen LogP contribution in [0.15, 0.2) is 41.0 Å². The van der Waals surface area contributed by atoms with Gasteiger partial charge >= 0.3 is 0 Å². The molecule has 0 saturated heterocycles. The Balaban J connectivity index is 2.19. The van der Waals surface area contributed by atoms with Crippen molar-refractivity contribution in [2.75, 3.05) is 7.05 Å². The molecule has 0 saturated carbocycles. The predicted molar refractivity (Wildman–Crippen MR) is 65.6 cm³/mol. The molecule has 0 spiro atoms. The second-order valence-corrected chi connectivity index (χ2v) is 4.17. The fourth-order valence-corrected chi connectivity index (χ4v) is 2.07. The molecule has 2 aromatic rings. The summed E-state index contributed by atoms with van der Waals surface area (Å²) in [5.74, 6) is -0.226. The summed E-state index contributed by atoms with van der Waals surface area (Å²) in [5, 5.41) is 3.52. The Labute approximate surface area is 104 Å². The molecule has 2 nitrogen and oxygen atoms in total. The molecule has 1 atom stereocenters. The predicted octanol–water partition coefficient (Wildman–Crippen LogP) is 3.58. The lowest BCUT2D eigenvalue weighted by Crippen LogP contribution is -2.18. The fourth-order valence-electron chi connectivity index (χ4n) is 1.82. The lowest BCUT2D eigenvalue weighted by Gasteiger charge is -2.15. The van der Waals surface area contributed by atoms with E-state index in [0.29, 0.717) is 11.6 Å². The van der Waals surface area contributed by atoms with Gasteiger partial charge in [0.15, 0.2) is 5.22 Å². The van der Waals surface area contributed by atoms with Gasteiger partial charge in [-0.3, -0.25) is 0 Å². The third kappa shape index (κ3) is 2.87. The molecule has 1 aromatic carbocycles. The third-order valence-electron chi connectivity index (χ3n) is 2.70. The van der Waals surface area contributed by atoms with Crippen LogP contribution in [0.1, 0.15) is 17.2 Å². The molecular weight excluding hydrogens is 241 g/mol. The monoisotopic (exact) mass is 253 g/mol. The Kier molecular flexibility index (Phi) is 3.82. The largest absolute Gasteiger partial charge is 0.453 e. The lowest BCUT2D eigenvalue weighted by molar-refractivity contribution is 0.543. The third-order valence-corrected chi connectivity index (χ3v) is 3.01. The van der Waals surface area contributed by atoms with Gasteiger partial charge in [-0.25, -0.2) is 4.39 Å². The first-order valence-corrected chi connectivity index (χ1v) is 5.73. The number of hydrogen-bond acceptors (Lipinski definition) is 2. The highest BCUT2D eigenvalue weighted by atomic mass is 35.5. The molecule has 0 fully saturated rings. The molecule has 90 valence electrons. The second-order valence-electron chi connectivity index (χ2n) is 3.82. The quantitative estimate of drug-likeness (QED) is 0.901. The van der Waals surface area contributed by atoms with Crippen LogP contribution in [0, 0.1) is 5.82 Å². The first-order chi connectivity index (χ1) is 8.20. The Morgan fingerprint density at radius 1 is 1.41 bits per heavy atom. The Hall–Kier alpha value is -1.32. The maximum absolute atomic E-state index is 13.1. The average Bonchev–Trinajstić information content (AvgIpc) is 2.72. The zero-order valence-electron chi connectivity index (χ0n) is 9.41. The molecule has 0 amide bonds. The van der Waals surface area contributed by atoms with Crippen molar-refractivity contribution in [3.05, 3.63) is 58.8 Å². The molecule has 0 aliphatic carbocycles. The second kappa shape index (κ2) is 5.34. The molecule has 1 N–H and O–H groups in total. The van der Waals surface area contributed by atoms with Crippen molar-refractivity contribution in [3.63, 3.8) is 0 Å². The number of hydrogen-bond donors (Lipinski definition) is 1. The molecule has 0 bridgehead atoms. The SMILES string of the molecule is CNC(Cc1cccc(F)c1)c1ccoc1Cl. The zero-order chi connectivity index (χ0) is 12.3. The molecular formula is C13H13ClFNO. The van der Waals surface area contributed by atoms with Crippen LogP contribution < -0.4 is 5.32 Å². The smallest absolute Gasteiger partial charge is 0.197 e. The highest BCUT2D eigenvalue weighted by molar-refractivity contribution is 6.29. The van der Waals surface area contributed by atoms with E-state index in [0.717, 1.165) is 11.1 Å².